The van der Waals surface area contributed by atoms with Crippen molar-refractivity contribution in [1.82, 2.24) is 0 Å². The minimum Gasteiger partial charge on any atom is -0.489 e. The second-order valence-corrected chi connectivity index (χ2v) is 6.18. The first-order valence-corrected chi connectivity index (χ1v) is 8.62. The molecule has 6 nitrogen and oxygen atoms in total. The zero-order valence-electron chi connectivity index (χ0n) is 15.0. The van der Waals surface area contributed by atoms with Crippen molar-refractivity contribution in [2.75, 3.05) is 5.32 Å². The van der Waals surface area contributed by atoms with Crippen LogP contribution in [0, 0.1) is 0 Å². The van der Waals surface area contributed by atoms with Gasteiger partial charge in [0.1, 0.15) is 12.4 Å². The molecule has 3 rings (SSSR count). The van der Waals surface area contributed by atoms with Crippen LogP contribution < -0.4 is 10.1 Å². The third-order valence-electron chi connectivity index (χ3n) is 4.12. The SMILES string of the molecule is O=C(O)c1cccc(NCc2ccc(COc3cccc(C(=O)O)c3)cc2)c1. The molecular weight excluding hydrogens is 358 g/mol. The van der Waals surface area contributed by atoms with Gasteiger partial charge in [-0.25, -0.2) is 9.59 Å². The van der Waals surface area contributed by atoms with Gasteiger partial charge in [0, 0.05) is 12.2 Å². The Morgan fingerprint density at radius 1 is 0.786 bits per heavy atom. The van der Waals surface area contributed by atoms with Crippen LogP contribution in [0.4, 0.5) is 5.69 Å². The molecule has 28 heavy (non-hydrogen) atoms. The summed E-state index contributed by atoms with van der Waals surface area (Å²) in [6.45, 7) is 0.891. The Morgan fingerprint density at radius 3 is 2.07 bits per heavy atom. The van der Waals surface area contributed by atoms with Crippen LogP contribution in [0.2, 0.25) is 0 Å². The fraction of sp³-hybridized carbons (Fsp3) is 0.0909. The summed E-state index contributed by atoms with van der Waals surface area (Å²) in [4.78, 5) is 22.0. The molecule has 0 amide bonds. The lowest BCUT2D eigenvalue weighted by atomic mass is 10.1. The van der Waals surface area contributed by atoms with E-state index in [0.717, 1.165) is 16.8 Å². The highest BCUT2D eigenvalue weighted by atomic mass is 16.5. The molecular formula is C22H19NO5. The Balaban J connectivity index is 1.55. The van der Waals surface area contributed by atoms with Crippen molar-refractivity contribution in [3.05, 3.63) is 95.1 Å². The van der Waals surface area contributed by atoms with Crippen LogP contribution in [0.3, 0.4) is 0 Å². The molecule has 0 radical (unpaired) electrons. The zero-order chi connectivity index (χ0) is 19.9. The highest BCUT2D eigenvalue weighted by molar-refractivity contribution is 5.89. The molecule has 0 unspecified atom stereocenters. The molecule has 3 aromatic carbocycles. The number of ether oxygens (including phenoxy) is 1. The molecule has 0 saturated heterocycles. The maximum atomic E-state index is 11.0. The highest BCUT2D eigenvalue weighted by Crippen LogP contribution is 2.16. The molecule has 3 N–H and O–H groups in total. The normalized spacial score (nSPS) is 10.3. The van der Waals surface area contributed by atoms with Gasteiger partial charge in [0.15, 0.2) is 0 Å². The molecule has 6 heteroatoms. The summed E-state index contributed by atoms with van der Waals surface area (Å²) in [5, 5.41) is 21.2. The van der Waals surface area contributed by atoms with Gasteiger partial charge in [-0.3, -0.25) is 0 Å². The number of nitrogens with one attached hydrogen (secondary N) is 1. The van der Waals surface area contributed by atoms with Crippen LogP contribution >= 0.6 is 0 Å². The number of carboxylic acids is 2. The number of carboxylic acid groups (broad SMARTS) is 2. The van der Waals surface area contributed by atoms with Crippen molar-refractivity contribution in [1.29, 1.82) is 0 Å². The number of hydrogen-bond donors (Lipinski definition) is 3. The predicted octanol–water partition coefficient (Wildman–Crippen LogP) is 4.27. The van der Waals surface area contributed by atoms with Gasteiger partial charge in [-0.1, -0.05) is 36.4 Å². The average Bonchev–Trinajstić information content (AvgIpc) is 2.72. The highest BCUT2D eigenvalue weighted by Gasteiger charge is 2.05. The Kier molecular flexibility index (Phi) is 5.91. The lowest BCUT2D eigenvalue weighted by molar-refractivity contribution is 0.0686. The van der Waals surface area contributed by atoms with Crippen molar-refractivity contribution in [3.8, 4) is 5.75 Å². The van der Waals surface area contributed by atoms with E-state index in [1.165, 1.54) is 12.1 Å². The Hall–Kier alpha value is -3.80. The van der Waals surface area contributed by atoms with Gasteiger partial charge in [0.2, 0.25) is 0 Å². The molecule has 3 aromatic rings. The van der Waals surface area contributed by atoms with E-state index >= 15 is 0 Å². The largest absolute Gasteiger partial charge is 0.489 e. The van der Waals surface area contributed by atoms with Crippen LogP contribution in [-0.2, 0) is 13.2 Å². The van der Waals surface area contributed by atoms with Gasteiger partial charge in [-0.15, -0.1) is 0 Å². The van der Waals surface area contributed by atoms with Gasteiger partial charge in [-0.05, 0) is 47.5 Å². The molecule has 0 aliphatic heterocycles. The van der Waals surface area contributed by atoms with E-state index in [1.54, 1.807) is 30.3 Å². The molecule has 0 atom stereocenters. The van der Waals surface area contributed by atoms with E-state index in [0.29, 0.717) is 18.9 Å². The Labute approximate surface area is 162 Å². The minimum atomic E-state index is -0.990. The Morgan fingerprint density at radius 2 is 1.39 bits per heavy atom. The van der Waals surface area contributed by atoms with Crippen molar-refractivity contribution in [2.24, 2.45) is 0 Å². The molecule has 0 fully saturated rings. The first-order chi connectivity index (χ1) is 13.5. The van der Waals surface area contributed by atoms with Crippen LogP contribution in [0.25, 0.3) is 0 Å². The second-order valence-electron chi connectivity index (χ2n) is 6.18. The number of hydrogen-bond acceptors (Lipinski definition) is 4. The molecule has 142 valence electrons. The first-order valence-electron chi connectivity index (χ1n) is 8.62. The zero-order valence-corrected chi connectivity index (χ0v) is 15.0. The molecule has 0 bridgehead atoms. The second kappa shape index (κ2) is 8.73. The summed E-state index contributed by atoms with van der Waals surface area (Å²) in [6.07, 6.45) is 0. The molecule has 0 aliphatic carbocycles. The van der Waals surface area contributed by atoms with Gasteiger partial charge in [0.25, 0.3) is 0 Å². The van der Waals surface area contributed by atoms with Crippen molar-refractivity contribution in [2.45, 2.75) is 13.2 Å². The summed E-state index contributed by atoms with van der Waals surface area (Å²) in [6, 6.07) is 20.8. The van der Waals surface area contributed by atoms with E-state index in [1.807, 2.05) is 30.3 Å². The van der Waals surface area contributed by atoms with Gasteiger partial charge >= 0.3 is 11.9 Å². The smallest absolute Gasteiger partial charge is 0.335 e. The van der Waals surface area contributed by atoms with Crippen LogP contribution in [-0.4, -0.2) is 22.2 Å². The fourth-order valence-corrected chi connectivity index (χ4v) is 2.61. The van der Waals surface area contributed by atoms with Crippen LogP contribution in [0.5, 0.6) is 5.75 Å². The number of rotatable bonds is 8. The van der Waals surface area contributed by atoms with E-state index < -0.39 is 11.9 Å². The van der Waals surface area contributed by atoms with Crippen molar-refractivity contribution in [3.63, 3.8) is 0 Å². The average molecular weight is 377 g/mol. The van der Waals surface area contributed by atoms with Crippen molar-refractivity contribution >= 4 is 17.6 Å². The number of carbonyl (C=O) groups is 2. The molecule has 0 spiro atoms. The number of aromatic carboxylic acids is 2. The minimum absolute atomic E-state index is 0.186. The summed E-state index contributed by atoms with van der Waals surface area (Å²) in [5.74, 6) is -1.44. The number of benzene rings is 3. The third kappa shape index (κ3) is 5.11. The topological polar surface area (TPSA) is 95.9 Å². The molecule has 0 heterocycles. The van der Waals surface area contributed by atoms with Gasteiger partial charge in [0.05, 0.1) is 11.1 Å². The van der Waals surface area contributed by atoms with Crippen LogP contribution in [0.15, 0.2) is 72.8 Å². The summed E-state index contributed by atoms with van der Waals surface area (Å²) < 4.78 is 5.65. The maximum absolute atomic E-state index is 11.0. The van der Waals surface area contributed by atoms with Crippen molar-refractivity contribution < 1.29 is 24.5 Å². The lowest BCUT2D eigenvalue weighted by Gasteiger charge is -2.09. The van der Waals surface area contributed by atoms with Gasteiger partial charge < -0.3 is 20.3 Å². The van der Waals surface area contributed by atoms with Crippen LogP contribution in [0.1, 0.15) is 31.8 Å². The van der Waals surface area contributed by atoms with E-state index in [2.05, 4.69) is 5.32 Å². The van der Waals surface area contributed by atoms with E-state index in [-0.39, 0.29) is 11.1 Å². The lowest BCUT2D eigenvalue weighted by Crippen LogP contribution is -2.02. The molecule has 0 saturated carbocycles. The quantitative estimate of drug-likeness (QED) is 0.542. The van der Waals surface area contributed by atoms with Gasteiger partial charge in [-0.2, -0.15) is 0 Å². The molecule has 0 aliphatic rings. The summed E-state index contributed by atoms with van der Waals surface area (Å²) in [5.41, 5.74) is 3.16. The number of anilines is 1. The standard InChI is InChI=1S/C22H19NO5/c24-21(25)17-3-1-5-19(11-17)23-13-15-7-9-16(10-8-15)14-28-20-6-2-4-18(12-20)22(26)27/h1-12,23H,13-14H2,(H,24,25)(H,26,27). The summed E-state index contributed by atoms with van der Waals surface area (Å²) in [7, 11) is 0. The van der Waals surface area contributed by atoms with E-state index in [9.17, 15) is 9.59 Å². The molecule has 0 aromatic heterocycles. The third-order valence-corrected chi connectivity index (χ3v) is 4.12. The maximum Gasteiger partial charge on any atom is 0.335 e. The first kappa shape index (κ1) is 19.0. The summed E-state index contributed by atoms with van der Waals surface area (Å²) >= 11 is 0. The monoisotopic (exact) mass is 377 g/mol. The predicted molar refractivity (Wildman–Crippen MR) is 105 cm³/mol. The fourth-order valence-electron chi connectivity index (χ4n) is 2.61. The Bertz CT molecular complexity index is 902. The van der Waals surface area contributed by atoms with E-state index in [4.69, 9.17) is 14.9 Å².